The van der Waals surface area contributed by atoms with Crippen molar-refractivity contribution in [2.75, 3.05) is 0 Å². The molecule has 0 radical (unpaired) electrons. The van der Waals surface area contributed by atoms with E-state index in [4.69, 9.17) is 4.99 Å². The van der Waals surface area contributed by atoms with Gasteiger partial charge >= 0.3 is 0 Å². The Morgan fingerprint density at radius 1 is 0.840 bits per heavy atom. The highest BCUT2D eigenvalue weighted by atomic mass is 14.9. The molecule has 3 aromatic rings. The van der Waals surface area contributed by atoms with Crippen LogP contribution in [0.1, 0.15) is 39.3 Å². The van der Waals surface area contributed by atoms with E-state index in [1.54, 1.807) is 0 Å². The van der Waals surface area contributed by atoms with Crippen LogP contribution in [0.25, 0.3) is 0 Å². The van der Waals surface area contributed by atoms with Gasteiger partial charge in [0.1, 0.15) is 0 Å². The van der Waals surface area contributed by atoms with Crippen LogP contribution in [0.3, 0.4) is 0 Å². The lowest BCUT2D eigenvalue weighted by molar-refractivity contribution is 0.524. The quantitative estimate of drug-likeness (QED) is 0.535. The van der Waals surface area contributed by atoms with Crippen molar-refractivity contribution in [3.8, 4) is 0 Å². The van der Waals surface area contributed by atoms with Gasteiger partial charge < -0.3 is 0 Å². The van der Waals surface area contributed by atoms with E-state index in [0.29, 0.717) is 5.92 Å². The SMILES string of the molecule is Cc1ccc2c(c1)C13Cc4ccccc4C(C1=N2)c1ccccc1C3. The molecule has 6 rings (SSSR count). The first-order valence-electron chi connectivity index (χ1n) is 9.12. The van der Waals surface area contributed by atoms with Crippen molar-refractivity contribution in [2.24, 2.45) is 4.99 Å². The van der Waals surface area contributed by atoms with E-state index in [1.165, 1.54) is 44.8 Å². The van der Waals surface area contributed by atoms with Gasteiger partial charge in [-0.3, -0.25) is 4.99 Å². The van der Waals surface area contributed by atoms with Crippen LogP contribution >= 0.6 is 0 Å². The molecule has 3 aromatic carbocycles. The van der Waals surface area contributed by atoms with E-state index in [2.05, 4.69) is 73.7 Å². The van der Waals surface area contributed by atoms with Gasteiger partial charge in [0, 0.05) is 17.0 Å². The van der Waals surface area contributed by atoms with E-state index in [1.807, 2.05) is 0 Å². The molecule has 120 valence electrons. The van der Waals surface area contributed by atoms with Gasteiger partial charge in [0.15, 0.2) is 0 Å². The summed E-state index contributed by atoms with van der Waals surface area (Å²) in [5, 5.41) is 0. The first-order chi connectivity index (χ1) is 12.3. The maximum Gasteiger partial charge on any atom is 0.0671 e. The number of hydrogen-bond acceptors (Lipinski definition) is 1. The molecule has 0 spiro atoms. The molecule has 2 bridgehead atoms. The van der Waals surface area contributed by atoms with Crippen LogP contribution in [0, 0.1) is 6.92 Å². The number of hydrogen-bond donors (Lipinski definition) is 0. The first-order valence-corrected chi connectivity index (χ1v) is 9.12. The van der Waals surface area contributed by atoms with Gasteiger partial charge in [-0.1, -0.05) is 66.2 Å². The Morgan fingerprint density at radius 3 is 2.16 bits per heavy atom. The molecule has 1 aliphatic heterocycles. The molecule has 0 fully saturated rings. The molecule has 0 N–H and O–H groups in total. The first kappa shape index (κ1) is 13.6. The summed E-state index contributed by atoms with van der Waals surface area (Å²) in [7, 11) is 0. The lowest BCUT2D eigenvalue weighted by atomic mass is 9.55. The summed E-state index contributed by atoms with van der Waals surface area (Å²) in [4.78, 5) is 5.20. The molecule has 0 amide bonds. The summed E-state index contributed by atoms with van der Waals surface area (Å²) in [6.45, 7) is 2.19. The molecule has 3 aliphatic rings. The van der Waals surface area contributed by atoms with Crippen LogP contribution < -0.4 is 0 Å². The Morgan fingerprint density at radius 2 is 1.48 bits per heavy atom. The second-order valence-corrected chi connectivity index (χ2v) is 7.78. The topological polar surface area (TPSA) is 12.4 Å². The van der Waals surface area contributed by atoms with Crippen molar-refractivity contribution in [2.45, 2.75) is 31.1 Å². The van der Waals surface area contributed by atoms with E-state index in [0.717, 1.165) is 12.8 Å². The smallest absolute Gasteiger partial charge is 0.0671 e. The summed E-state index contributed by atoms with van der Waals surface area (Å²) >= 11 is 0. The van der Waals surface area contributed by atoms with Crippen LogP contribution in [0.2, 0.25) is 0 Å². The standard InChI is InChI=1S/C24H19N/c1-15-10-11-21-20(12-15)24-13-16-6-2-4-8-18(16)22(23(24)25-21)19-9-5-3-7-17(19)14-24/h2-12,22H,13-14H2,1H3. The molecular formula is C24H19N. The number of fused-ring (bicyclic) bond motifs is 5. The number of benzene rings is 3. The van der Waals surface area contributed by atoms with Crippen molar-refractivity contribution in [3.63, 3.8) is 0 Å². The van der Waals surface area contributed by atoms with Gasteiger partial charge in [-0.2, -0.15) is 0 Å². The highest BCUT2D eigenvalue weighted by Crippen LogP contribution is 2.56. The second kappa shape index (κ2) is 4.49. The molecule has 0 saturated carbocycles. The van der Waals surface area contributed by atoms with Gasteiger partial charge in [0.25, 0.3) is 0 Å². The third kappa shape index (κ3) is 1.61. The Hall–Kier alpha value is -2.67. The monoisotopic (exact) mass is 321 g/mol. The fraction of sp³-hybridized carbons (Fsp3) is 0.208. The average Bonchev–Trinajstić information content (AvgIpc) is 2.94. The van der Waals surface area contributed by atoms with Crippen LogP contribution in [0.4, 0.5) is 5.69 Å². The number of nitrogens with zero attached hydrogens (tertiary/aromatic N) is 1. The normalized spacial score (nSPS) is 24.7. The van der Waals surface area contributed by atoms with Crippen molar-refractivity contribution >= 4 is 11.4 Å². The largest absolute Gasteiger partial charge is 0.256 e. The molecule has 0 aromatic heterocycles. The molecule has 0 unspecified atom stereocenters. The lowest BCUT2D eigenvalue weighted by Crippen LogP contribution is -2.48. The van der Waals surface area contributed by atoms with E-state index >= 15 is 0 Å². The van der Waals surface area contributed by atoms with Crippen molar-refractivity contribution in [3.05, 3.63) is 100 Å². The molecule has 1 heteroatoms. The maximum absolute atomic E-state index is 5.20. The zero-order valence-corrected chi connectivity index (χ0v) is 14.3. The van der Waals surface area contributed by atoms with E-state index < -0.39 is 0 Å². The van der Waals surface area contributed by atoms with Crippen LogP contribution in [0.15, 0.2) is 71.7 Å². The molecule has 0 atom stereocenters. The Bertz CT molecular complexity index is 1020. The third-order valence-electron chi connectivity index (χ3n) is 6.39. The Labute approximate surface area is 148 Å². The maximum atomic E-state index is 5.20. The molecule has 1 nitrogen and oxygen atoms in total. The highest BCUT2D eigenvalue weighted by Gasteiger charge is 2.53. The predicted octanol–water partition coefficient (Wildman–Crippen LogP) is 5.26. The van der Waals surface area contributed by atoms with Gasteiger partial charge in [-0.05, 0) is 53.6 Å². The Balaban J connectivity index is 1.73. The van der Waals surface area contributed by atoms with Crippen LogP contribution in [0.5, 0.6) is 0 Å². The molecule has 25 heavy (non-hydrogen) atoms. The van der Waals surface area contributed by atoms with E-state index in [-0.39, 0.29) is 5.41 Å². The predicted molar refractivity (Wildman–Crippen MR) is 102 cm³/mol. The zero-order valence-electron chi connectivity index (χ0n) is 14.3. The number of rotatable bonds is 0. The van der Waals surface area contributed by atoms with E-state index in [9.17, 15) is 0 Å². The van der Waals surface area contributed by atoms with Crippen LogP contribution in [-0.4, -0.2) is 5.71 Å². The van der Waals surface area contributed by atoms with Crippen molar-refractivity contribution in [1.82, 2.24) is 0 Å². The minimum absolute atomic E-state index is 0.0503. The van der Waals surface area contributed by atoms with Gasteiger partial charge in [-0.15, -0.1) is 0 Å². The third-order valence-corrected chi connectivity index (χ3v) is 6.39. The van der Waals surface area contributed by atoms with Gasteiger partial charge in [0.2, 0.25) is 0 Å². The van der Waals surface area contributed by atoms with Crippen LogP contribution in [-0.2, 0) is 18.3 Å². The summed E-state index contributed by atoms with van der Waals surface area (Å²) in [6, 6.07) is 24.8. The minimum Gasteiger partial charge on any atom is -0.256 e. The zero-order chi connectivity index (χ0) is 16.6. The summed E-state index contributed by atoms with van der Waals surface area (Å²) < 4.78 is 0. The summed E-state index contributed by atoms with van der Waals surface area (Å²) in [5.74, 6) is 0.308. The number of aliphatic imine (C=N–C) groups is 1. The molecule has 2 aliphatic carbocycles. The van der Waals surface area contributed by atoms with Crippen molar-refractivity contribution < 1.29 is 0 Å². The summed E-state index contributed by atoms with van der Waals surface area (Å²) in [5.41, 5.74) is 11.3. The molecular weight excluding hydrogens is 302 g/mol. The second-order valence-electron chi connectivity index (χ2n) is 7.78. The average molecular weight is 321 g/mol. The van der Waals surface area contributed by atoms with Gasteiger partial charge in [0.05, 0.1) is 5.69 Å². The highest BCUT2D eigenvalue weighted by molar-refractivity contribution is 6.10. The minimum atomic E-state index is 0.0503. The number of aryl methyl sites for hydroxylation is 1. The summed E-state index contributed by atoms with van der Waals surface area (Å²) in [6.07, 6.45) is 2.15. The molecule has 0 saturated heterocycles. The Kier molecular flexibility index (Phi) is 2.44. The lowest BCUT2D eigenvalue weighted by Gasteiger charge is -2.46. The fourth-order valence-corrected chi connectivity index (χ4v) is 5.35. The van der Waals surface area contributed by atoms with Crippen molar-refractivity contribution in [1.29, 1.82) is 0 Å². The molecule has 1 heterocycles. The fourth-order valence-electron chi connectivity index (χ4n) is 5.35. The van der Waals surface area contributed by atoms with Gasteiger partial charge in [-0.25, -0.2) is 0 Å².